The van der Waals surface area contributed by atoms with E-state index in [4.69, 9.17) is 0 Å². The molecule has 0 radical (unpaired) electrons. The van der Waals surface area contributed by atoms with Crippen molar-refractivity contribution in [2.24, 2.45) is 0 Å². The summed E-state index contributed by atoms with van der Waals surface area (Å²) in [5, 5.41) is 2.61. The largest absolute Gasteiger partial charge is 0.311 e. The smallest absolute Gasteiger partial charge is 0.252 e. The summed E-state index contributed by atoms with van der Waals surface area (Å²) in [5.74, 6) is 0. The van der Waals surface area contributed by atoms with Gasteiger partial charge in [-0.1, -0.05) is 134 Å². The van der Waals surface area contributed by atoms with Crippen LogP contribution >= 0.6 is 11.3 Å². The number of thiophene rings is 1. The zero-order valence-corrected chi connectivity index (χ0v) is 44.9. The summed E-state index contributed by atoms with van der Waals surface area (Å²) in [5.41, 5.74) is 25.2. The van der Waals surface area contributed by atoms with Gasteiger partial charge in [0, 0.05) is 65.7 Å². The molecule has 0 unspecified atom stereocenters. The van der Waals surface area contributed by atoms with Gasteiger partial charge in [-0.2, -0.15) is 0 Å². The highest BCUT2D eigenvalue weighted by Gasteiger charge is 2.47. The molecule has 0 N–H and O–H groups in total. The summed E-state index contributed by atoms with van der Waals surface area (Å²) >= 11 is 1.90. The van der Waals surface area contributed by atoms with Gasteiger partial charge in [-0.25, -0.2) is 0 Å². The van der Waals surface area contributed by atoms with Gasteiger partial charge in [0.2, 0.25) is 0 Å². The molecule has 0 saturated heterocycles. The van der Waals surface area contributed by atoms with E-state index in [1.54, 1.807) is 0 Å². The molecule has 13 rings (SSSR count). The van der Waals surface area contributed by atoms with Crippen molar-refractivity contribution in [2.75, 3.05) is 14.7 Å². The van der Waals surface area contributed by atoms with E-state index in [0.29, 0.717) is 0 Å². The number of hydrogen-bond acceptors (Lipinski definition) is 4. The molecular formula is C67H66BN3S. The number of nitrogens with zero attached hydrogens (tertiary/aromatic N) is 3. The maximum atomic E-state index is 2.70. The summed E-state index contributed by atoms with van der Waals surface area (Å²) in [6, 6.07) is 59.1. The molecule has 4 aliphatic rings. The first-order chi connectivity index (χ1) is 34.4. The third-order valence-electron chi connectivity index (χ3n) is 17.9. The summed E-state index contributed by atoms with van der Waals surface area (Å²) in [7, 11) is 0. The van der Waals surface area contributed by atoms with Crippen LogP contribution < -0.4 is 31.1 Å². The average molecular weight is 956 g/mol. The van der Waals surface area contributed by atoms with Gasteiger partial charge in [-0.3, -0.25) is 0 Å². The van der Waals surface area contributed by atoms with Crippen molar-refractivity contribution in [2.45, 2.75) is 124 Å². The molecule has 0 saturated carbocycles. The van der Waals surface area contributed by atoms with Crippen LogP contribution in [0.25, 0.3) is 20.2 Å². The van der Waals surface area contributed by atoms with E-state index in [2.05, 4.69) is 243 Å². The predicted octanol–water partition coefficient (Wildman–Crippen LogP) is 17.2. The molecule has 0 atom stereocenters. The number of anilines is 9. The first-order valence-corrected chi connectivity index (χ1v) is 27.3. The quantitative estimate of drug-likeness (QED) is 0.159. The van der Waals surface area contributed by atoms with Crippen molar-refractivity contribution >= 4 is 106 Å². The van der Waals surface area contributed by atoms with Gasteiger partial charge in [-0.05, 0) is 196 Å². The van der Waals surface area contributed by atoms with Gasteiger partial charge < -0.3 is 14.7 Å². The highest BCUT2D eigenvalue weighted by atomic mass is 32.1. The Labute approximate surface area is 432 Å². The number of hydrogen-bond donors (Lipinski definition) is 0. The molecule has 3 heterocycles. The molecule has 358 valence electrons. The molecule has 0 fully saturated rings. The minimum absolute atomic E-state index is 0.00918. The Morgan fingerprint density at radius 3 is 1.67 bits per heavy atom. The van der Waals surface area contributed by atoms with Crippen molar-refractivity contribution in [3.63, 3.8) is 0 Å². The number of rotatable bonds is 5. The lowest BCUT2D eigenvalue weighted by molar-refractivity contribution is 0.332. The standard InChI is InChI=1S/C67H66BN3S/c1-41-35-58-63-59(36-41)71(55-24-18-26-61-62(55)46-21-14-17-25-60(46)72-61)56-38-45(69(53-22-15-12-19-42(53)2)54-23-16-13-20-43(54)3)28-30-51(56)68(63)52-39-49-50(67(10,11)34-33-66(49,8)9)40-57(52)70(58)44-27-29-47-48(37-44)65(6,7)32-31-64(47,4)5/h12-30,35-40H,31-34H2,1-11H3. The van der Waals surface area contributed by atoms with Crippen molar-refractivity contribution < 1.29 is 0 Å². The minimum atomic E-state index is -0.00918. The molecule has 0 amide bonds. The number of para-hydroxylation sites is 2. The van der Waals surface area contributed by atoms with E-state index in [-0.39, 0.29) is 28.4 Å². The van der Waals surface area contributed by atoms with Crippen molar-refractivity contribution in [1.29, 1.82) is 0 Å². The average Bonchev–Trinajstić information content (AvgIpc) is 3.74. The topological polar surface area (TPSA) is 9.72 Å². The van der Waals surface area contributed by atoms with E-state index in [1.807, 2.05) is 11.3 Å². The first-order valence-electron chi connectivity index (χ1n) is 26.5. The summed E-state index contributed by atoms with van der Waals surface area (Å²) in [6.45, 7) is 26.6. The monoisotopic (exact) mass is 956 g/mol. The zero-order valence-electron chi connectivity index (χ0n) is 44.1. The highest BCUT2D eigenvalue weighted by molar-refractivity contribution is 7.26. The van der Waals surface area contributed by atoms with Crippen LogP contribution in [0.3, 0.4) is 0 Å². The van der Waals surface area contributed by atoms with E-state index >= 15 is 0 Å². The van der Waals surface area contributed by atoms with Crippen LogP contribution in [0.1, 0.15) is 120 Å². The van der Waals surface area contributed by atoms with E-state index in [9.17, 15) is 0 Å². The van der Waals surface area contributed by atoms with Gasteiger partial charge in [0.15, 0.2) is 0 Å². The lowest BCUT2D eigenvalue weighted by atomic mass is 9.33. The van der Waals surface area contributed by atoms with Gasteiger partial charge in [0.05, 0.1) is 5.69 Å². The third kappa shape index (κ3) is 6.68. The van der Waals surface area contributed by atoms with Crippen LogP contribution in [0.5, 0.6) is 0 Å². The maximum absolute atomic E-state index is 2.70. The Bertz CT molecular complexity index is 3690. The molecule has 2 aliphatic carbocycles. The van der Waals surface area contributed by atoms with Crippen LogP contribution in [0.4, 0.5) is 51.2 Å². The fraction of sp³-hybridized carbons (Fsp3) is 0.284. The second-order valence-corrected chi connectivity index (χ2v) is 25.5. The van der Waals surface area contributed by atoms with Crippen LogP contribution in [0.2, 0.25) is 0 Å². The zero-order chi connectivity index (χ0) is 49.8. The molecule has 8 aromatic carbocycles. The third-order valence-corrected chi connectivity index (χ3v) is 19.0. The molecule has 2 aliphatic heterocycles. The van der Waals surface area contributed by atoms with E-state index in [1.165, 1.54) is 140 Å². The summed E-state index contributed by atoms with van der Waals surface area (Å²) in [6.07, 6.45) is 4.70. The second kappa shape index (κ2) is 15.7. The van der Waals surface area contributed by atoms with E-state index < -0.39 is 0 Å². The first kappa shape index (κ1) is 45.3. The van der Waals surface area contributed by atoms with Crippen LogP contribution in [-0.4, -0.2) is 6.71 Å². The number of fused-ring (bicyclic) bond motifs is 9. The lowest BCUT2D eigenvalue weighted by Crippen LogP contribution is -2.62. The Morgan fingerprint density at radius 1 is 0.444 bits per heavy atom. The molecule has 72 heavy (non-hydrogen) atoms. The molecule has 5 heteroatoms. The SMILES string of the molecule is Cc1cc2c3c(c1)N(c1cccc4sc5ccccc5c14)c1cc(N(c4ccccc4C)c4ccccc4C)ccc1B3c1cc3c(cc1N2c1ccc2c(c1)C(C)(C)CCC2(C)C)C(C)(C)CCC3(C)C. The molecule has 3 nitrogen and oxygen atoms in total. The highest BCUT2D eigenvalue weighted by Crippen LogP contribution is 2.54. The van der Waals surface area contributed by atoms with Gasteiger partial charge in [0.25, 0.3) is 6.71 Å². The Kier molecular flexibility index (Phi) is 9.90. The molecule has 0 spiro atoms. The molecule has 9 aromatic rings. The van der Waals surface area contributed by atoms with Crippen LogP contribution in [-0.2, 0) is 21.7 Å². The molecule has 0 bridgehead atoms. The van der Waals surface area contributed by atoms with Crippen molar-refractivity contribution in [3.8, 4) is 0 Å². The molecular weight excluding hydrogens is 890 g/mol. The van der Waals surface area contributed by atoms with Gasteiger partial charge in [0.1, 0.15) is 0 Å². The van der Waals surface area contributed by atoms with E-state index in [0.717, 1.165) is 12.1 Å². The van der Waals surface area contributed by atoms with Crippen LogP contribution in [0.15, 0.2) is 152 Å². The fourth-order valence-electron chi connectivity index (χ4n) is 13.5. The second-order valence-electron chi connectivity index (χ2n) is 24.4. The van der Waals surface area contributed by atoms with Crippen molar-refractivity contribution in [3.05, 3.63) is 191 Å². The van der Waals surface area contributed by atoms with Crippen LogP contribution in [0, 0.1) is 20.8 Å². The lowest BCUT2D eigenvalue weighted by Gasteiger charge is -2.48. The number of aryl methyl sites for hydroxylation is 3. The van der Waals surface area contributed by atoms with Gasteiger partial charge in [-0.15, -0.1) is 11.3 Å². The van der Waals surface area contributed by atoms with Crippen molar-refractivity contribution in [1.82, 2.24) is 0 Å². The molecule has 1 aromatic heterocycles. The van der Waals surface area contributed by atoms with Gasteiger partial charge >= 0.3 is 0 Å². The minimum Gasteiger partial charge on any atom is -0.311 e. The Morgan fingerprint density at radius 2 is 1.00 bits per heavy atom. The fourth-order valence-corrected chi connectivity index (χ4v) is 14.7. The Balaban J connectivity index is 1.15. The normalized spacial score (nSPS) is 17.5. The predicted molar refractivity (Wildman–Crippen MR) is 313 cm³/mol. The Hall–Kier alpha value is -6.56. The summed E-state index contributed by atoms with van der Waals surface area (Å²) in [4.78, 5) is 7.87. The maximum Gasteiger partial charge on any atom is 0.252 e. The number of benzene rings is 8. The summed E-state index contributed by atoms with van der Waals surface area (Å²) < 4.78 is 2.62.